The van der Waals surface area contributed by atoms with Gasteiger partial charge in [-0.1, -0.05) is 30.3 Å². The highest BCUT2D eigenvalue weighted by Gasteiger charge is 2.24. The summed E-state index contributed by atoms with van der Waals surface area (Å²) in [5, 5.41) is 30.2. The van der Waals surface area contributed by atoms with Crippen LogP contribution in [0, 0.1) is 28.4 Å². The Balaban J connectivity index is 2.26. The fourth-order valence-corrected chi connectivity index (χ4v) is 2.74. The van der Waals surface area contributed by atoms with E-state index in [4.69, 9.17) is 4.74 Å². The number of rotatable bonds is 5. The Morgan fingerprint density at radius 1 is 1.33 bits per heavy atom. The molecule has 2 aromatic carbocycles. The van der Waals surface area contributed by atoms with E-state index in [1.165, 1.54) is 13.0 Å². The zero-order chi connectivity index (χ0) is 19.6. The molecule has 0 spiro atoms. The van der Waals surface area contributed by atoms with Gasteiger partial charge in [0.25, 0.3) is 5.69 Å². The molecule has 0 radical (unpaired) electrons. The standard InChI is InChI=1S/C19H13N3O5/c1-11-16(19(23)24)21-17-14(7-13(9-20)8-15(17)22(25)26)18(11)27-10-12-5-3-2-4-6-12/h2-8H,10H2,1H3,(H,23,24). The normalized spacial score (nSPS) is 10.4. The van der Waals surface area contributed by atoms with Gasteiger partial charge in [0.15, 0.2) is 11.2 Å². The molecule has 0 amide bonds. The number of fused-ring (bicyclic) bond motifs is 1. The van der Waals surface area contributed by atoms with E-state index in [9.17, 15) is 25.3 Å². The summed E-state index contributed by atoms with van der Waals surface area (Å²) in [5.74, 6) is -1.17. The maximum Gasteiger partial charge on any atom is 0.354 e. The van der Waals surface area contributed by atoms with Gasteiger partial charge >= 0.3 is 5.97 Å². The molecule has 1 aromatic heterocycles. The van der Waals surface area contributed by atoms with Gasteiger partial charge in [0, 0.05) is 11.6 Å². The maximum absolute atomic E-state index is 11.6. The van der Waals surface area contributed by atoms with Crippen molar-refractivity contribution in [3.63, 3.8) is 0 Å². The fourth-order valence-electron chi connectivity index (χ4n) is 2.74. The summed E-state index contributed by atoms with van der Waals surface area (Å²) in [4.78, 5) is 26.2. The van der Waals surface area contributed by atoms with Crippen molar-refractivity contribution < 1.29 is 19.6 Å². The van der Waals surface area contributed by atoms with Crippen molar-refractivity contribution in [3.8, 4) is 11.8 Å². The number of hydrogen-bond donors (Lipinski definition) is 1. The number of carboxylic acid groups (broad SMARTS) is 1. The number of pyridine rings is 1. The molecule has 134 valence electrons. The molecule has 3 aromatic rings. The number of carboxylic acids is 1. The number of nitrogens with zero attached hydrogens (tertiary/aromatic N) is 3. The summed E-state index contributed by atoms with van der Waals surface area (Å²) >= 11 is 0. The zero-order valence-corrected chi connectivity index (χ0v) is 14.2. The quantitative estimate of drug-likeness (QED) is 0.542. The van der Waals surface area contributed by atoms with E-state index < -0.39 is 16.6 Å². The van der Waals surface area contributed by atoms with Crippen molar-refractivity contribution in [3.05, 3.63) is 75.0 Å². The second kappa shape index (κ2) is 7.09. The molecule has 0 aliphatic rings. The van der Waals surface area contributed by atoms with Gasteiger partial charge in [0.2, 0.25) is 0 Å². The third kappa shape index (κ3) is 3.39. The minimum atomic E-state index is -1.32. The number of nitro groups is 1. The Kier molecular flexibility index (Phi) is 4.68. The molecule has 0 aliphatic heterocycles. The van der Waals surface area contributed by atoms with E-state index in [-0.39, 0.29) is 40.1 Å². The number of aromatic carboxylic acids is 1. The van der Waals surface area contributed by atoms with Crippen LogP contribution in [0.4, 0.5) is 5.69 Å². The Labute approximate surface area is 153 Å². The minimum Gasteiger partial charge on any atom is -0.488 e. The smallest absolute Gasteiger partial charge is 0.354 e. The van der Waals surface area contributed by atoms with E-state index in [0.29, 0.717) is 0 Å². The molecule has 0 aliphatic carbocycles. The van der Waals surface area contributed by atoms with Gasteiger partial charge in [-0.15, -0.1) is 0 Å². The van der Waals surface area contributed by atoms with Crippen LogP contribution in [0.2, 0.25) is 0 Å². The number of nitriles is 1. The van der Waals surface area contributed by atoms with Crippen LogP contribution >= 0.6 is 0 Å². The average Bonchev–Trinajstić information content (AvgIpc) is 2.66. The first-order valence-electron chi connectivity index (χ1n) is 7.85. The monoisotopic (exact) mass is 363 g/mol. The highest BCUT2D eigenvalue weighted by atomic mass is 16.6. The summed E-state index contributed by atoms with van der Waals surface area (Å²) in [6.45, 7) is 1.64. The van der Waals surface area contributed by atoms with Crippen LogP contribution in [0.3, 0.4) is 0 Å². The molecule has 8 heteroatoms. The molecule has 0 atom stereocenters. The third-order valence-electron chi connectivity index (χ3n) is 4.01. The van der Waals surface area contributed by atoms with E-state index in [0.717, 1.165) is 11.6 Å². The predicted octanol–water partition coefficient (Wildman–Crippen LogP) is 3.60. The summed E-state index contributed by atoms with van der Waals surface area (Å²) < 4.78 is 5.83. The maximum atomic E-state index is 11.6. The number of benzene rings is 2. The Morgan fingerprint density at radius 3 is 2.63 bits per heavy atom. The number of ether oxygens (including phenoxy) is 1. The van der Waals surface area contributed by atoms with Gasteiger partial charge in [0.05, 0.1) is 21.9 Å². The van der Waals surface area contributed by atoms with Crippen molar-refractivity contribution in [2.24, 2.45) is 0 Å². The van der Waals surface area contributed by atoms with Gasteiger partial charge in [0.1, 0.15) is 12.4 Å². The van der Waals surface area contributed by atoms with Gasteiger partial charge in [-0.05, 0) is 18.6 Å². The molecule has 3 rings (SSSR count). The lowest BCUT2D eigenvalue weighted by Gasteiger charge is -2.14. The molecule has 27 heavy (non-hydrogen) atoms. The van der Waals surface area contributed by atoms with Crippen LogP contribution in [-0.2, 0) is 6.61 Å². The lowest BCUT2D eigenvalue weighted by molar-refractivity contribution is -0.383. The second-order valence-corrected chi connectivity index (χ2v) is 5.75. The first-order valence-corrected chi connectivity index (χ1v) is 7.85. The molecular formula is C19H13N3O5. The highest BCUT2D eigenvalue weighted by molar-refractivity contribution is 5.99. The molecule has 0 unspecified atom stereocenters. The van der Waals surface area contributed by atoms with Crippen molar-refractivity contribution in [1.82, 2.24) is 4.98 Å². The first kappa shape index (κ1) is 17.8. The van der Waals surface area contributed by atoms with Gasteiger partial charge in [-0.25, -0.2) is 9.78 Å². The van der Waals surface area contributed by atoms with Crippen LogP contribution < -0.4 is 4.74 Å². The van der Waals surface area contributed by atoms with Gasteiger partial charge < -0.3 is 9.84 Å². The Bertz CT molecular complexity index is 1100. The van der Waals surface area contributed by atoms with Crippen LogP contribution in [0.5, 0.6) is 5.75 Å². The zero-order valence-electron chi connectivity index (χ0n) is 14.2. The molecule has 0 saturated heterocycles. The van der Waals surface area contributed by atoms with E-state index in [1.807, 2.05) is 36.4 Å². The summed E-state index contributed by atoms with van der Waals surface area (Å²) in [7, 11) is 0. The molecular weight excluding hydrogens is 350 g/mol. The summed E-state index contributed by atoms with van der Waals surface area (Å²) in [5.41, 5.74) is 0.211. The van der Waals surface area contributed by atoms with Crippen molar-refractivity contribution in [2.75, 3.05) is 0 Å². The minimum absolute atomic E-state index is 0.0584. The SMILES string of the molecule is Cc1c(C(=O)O)nc2c([N+](=O)[O-])cc(C#N)cc2c1OCc1ccccc1. The fraction of sp³-hybridized carbons (Fsp3) is 0.105. The molecule has 8 nitrogen and oxygen atoms in total. The van der Waals surface area contributed by atoms with Crippen molar-refractivity contribution >= 4 is 22.6 Å². The van der Waals surface area contributed by atoms with Crippen LogP contribution in [0.25, 0.3) is 10.9 Å². The molecule has 1 N–H and O–H groups in total. The molecule has 0 fully saturated rings. The number of nitro benzene ring substituents is 1. The lowest BCUT2D eigenvalue weighted by Crippen LogP contribution is -2.08. The first-order chi connectivity index (χ1) is 12.9. The summed E-state index contributed by atoms with van der Waals surface area (Å²) in [6.07, 6.45) is 0. The number of aromatic nitrogens is 1. The van der Waals surface area contributed by atoms with Crippen LogP contribution in [0.15, 0.2) is 42.5 Å². The van der Waals surface area contributed by atoms with E-state index in [1.54, 1.807) is 0 Å². The average molecular weight is 363 g/mol. The van der Waals surface area contributed by atoms with Gasteiger partial charge in [-0.2, -0.15) is 5.26 Å². The highest BCUT2D eigenvalue weighted by Crippen LogP contribution is 2.36. The largest absolute Gasteiger partial charge is 0.488 e. The number of carbonyl (C=O) groups is 1. The van der Waals surface area contributed by atoms with Crippen LogP contribution in [-0.4, -0.2) is 21.0 Å². The molecule has 0 bridgehead atoms. The Hall–Kier alpha value is -3.99. The summed E-state index contributed by atoms with van der Waals surface area (Å²) in [6, 6.07) is 13.5. The lowest BCUT2D eigenvalue weighted by atomic mass is 10.0. The molecule has 1 heterocycles. The van der Waals surface area contributed by atoms with E-state index >= 15 is 0 Å². The van der Waals surface area contributed by atoms with Crippen molar-refractivity contribution in [2.45, 2.75) is 13.5 Å². The predicted molar refractivity (Wildman–Crippen MR) is 95.6 cm³/mol. The molecule has 0 saturated carbocycles. The number of hydrogen-bond acceptors (Lipinski definition) is 6. The number of non-ortho nitro benzene ring substituents is 1. The van der Waals surface area contributed by atoms with Crippen LogP contribution in [0.1, 0.15) is 27.2 Å². The topological polar surface area (TPSA) is 126 Å². The second-order valence-electron chi connectivity index (χ2n) is 5.75. The van der Waals surface area contributed by atoms with Gasteiger partial charge in [-0.3, -0.25) is 10.1 Å². The van der Waals surface area contributed by atoms with E-state index in [2.05, 4.69) is 4.98 Å². The van der Waals surface area contributed by atoms with Crippen molar-refractivity contribution in [1.29, 1.82) is 5.26 Å². The third-order valence-corrected chi connectivity index (χ3v) is 4.01. The Morgan fingerprint density at radius 2 is 2.04 bits per heavy atom.